The summed E-state index contributed by atoms with van der Waals surface area (Å²) in [5, 5.41) is 15.9. The standard InChI is InChI=1S/C19H14ClN3S/c1-13-4-2-3-5-17(13)22-11-15(10-21)19-23-18(12-24-19)14-6-8-16(20)9-7-14/h2-9,11-12,22H,1H3/b15-11+. The third-order valence-corrected chi connectivity index (χ3v) is 4.64. The minimum atomic E-state index is 0.503. The van der Waals surface area contributed by atoms with Gasteiger partial charge in [0, 0.05) is 27.9 Å². The maximum absolute atomic E-state index is 9.43. The summed E-state index contributed by atoms with van der Waals surface area (Å²) in [6, 6.07) is 17.6. The molecule has 0 atom stereocenters. The lowest BCUT2D eigenvalue weighted by atomic mass is 10.2. The van der Waals surface area contributed by atoms with Gasteiger partial charge in [0.2, 0.25) is 0 Å². The van der Waals surface area contributed by atoms with Crippen molar-refractivity contribution < 1.29 is 0 Å². The lowest BCUT2D eigenvalue weighted by Gasteiger charge is -2.04. The number of hydrogen-bond acceptors (Lipinski definition) is 4. The first-order valence-corrected chi connectivity index (χ1v) is 8.57. The van der Waals surface area contributed by atoms with Crippen LogP contribution in [0.4, 0.5) is 5.69 Å². The molecule has 0 fully saturated rings. The van der Waals surface area contributed by atoms with Crippen LogP contribution in [-0.4, -0.2) is 4.98 Å². The number of halogens is 1. The number of rotatable bonds is 4. The molecule has 0 saturated carbocycles. The molecule has 0 bridgehead atoms. The highest BCUT2D eigenvalue weighted by molar-refractivity contribution is 7.11. The van der Waals surface area contributed by atoms with E-state index >= 15 is 0 Å². The van der Waals surface area contributed by atoms with Crippen molar-refractivity contribution in [1.29, 1.82) is 5.26 Å². The molecule has 3 rings (SSSR count). The Bertz CT molecular complexity index is 920. The van der Waals surface area contributed by atoms with Gasteiger partial charge in [-0.3, -0.25) is 0 Å². The van der Waals surface area contributed by atoms with Crippen LogP contribution in [-0.2, 0) is 0 Å². The first kappa shape index (κ1) is 16.3. The van der Waals surface area contributed by atoms with Gasteiger partial charge in [-0.25, -0.2) is 4.98 Å². The van der Waals surface area contributed by atoms with E-state index in [1.807, 2.05) is 60.8 Å². The number of para-hydroxylation sites is 1. The molecule has 1 aromatic heterocycles. The molecule has 118 valence electrons. The number of aromatic nitrogens is 1. The topological polar surface area (TPSA) is 48.7 Å². The van der Waals surface area contributed by atoms with Gasteiger partial charge >= 0.3 is 0 Å². The highest BCUT2D eigenvalue weighted by Gasteiger charge is 2.09. The molecule has 2 aromatic carbocycles. The second-order valence-corrected chi connectivity index (χ2v) is 6.47. The number of hydrogen-bond donors (Lipinski definition) is 1. The van der Waals surface area contributed by atoms with Crippen LogP contribution in [0.1, 0.15) is 10.6 Å². The van der Waals surface area contributed by atoms with Gasteiger partial charge < -0.3 is 5.32 Å². The van der Waals surface area contributed by atoms with Crippen molar-refractivity contribution in [3.63, 3.8) is 0 Å². The van der Waals surface area contributed by atoms with Gasteiger partial charge in [-0.1, -0.05) is 41.9 Å². The predicted octanol–water partition coefficient (Wildman–Crippen LogP) is 5.75. The number of thiazole rings is 1. The summed E-state index contributed by atoms with van der Waals surface area (Å²) < 4.78 is 0. The van der Waals surface area contributed by atoms with E-state index in [1.165, 1.54) is 11.3 Å². The Kier molecular flexibility index (Phi) is 4.95. The normalized spacial score (nSPS) is 11.1. The quantitative estimate of drug-likeness (QED) is 0.609. The molecular formula is C19H14ClN3S. The lowest BCUT2D eigenvalue weighted by Crippen LogP contribution is -1.93. The Labute approximate surface area is 149 Å². The van der Waals surface area contributed by atoms with Gasteiger partial charge in [-0.05, 0) is 30.7 Å². The maximum Gasteiger partial charge on any atom is 0.136 e. The predicted molar refractivity (Wildman–Crippen MR) is 101 cm³/mol. The Balaban J connectivity index is 1.84. The van der Waals surface area contributed by atoms with E-state index in [0.29, 0.717) is 15.6 Å². The van der Waals surface area contributed by atoms with E-state index in [9.17, 15) is 5.26 Å². The third kappa shape index (κ3) is 3.65. The number of aryl methyl sites for hydroxylation is 1. The summed E-state index contributed by atoms with van der Waals surface area (Å²) in [4.78, 5) is 4.56. The van der Waals surface area contributed by atoms with Crippen LogP contribution >= 0.6 is 22.9 Å². The molecule has 3 aromatic rings. The zero-order valence-corrected chi connectivity index (χ0v) is 14.5. The molecule has 5 heteroatoms. The van der Waals surface area contributed by atoms with Gasteiger partial charge in [0.15, 0.2) is 0 Å². The van der Waals surface area contributed by atoms with Crippen LogP contribution in [0.5, 0.6) is 0 Å². The molecule has 0 radical (unpaired) electrons. The second-order valence-electron chi connectivity index (χ2n) is 5.17. The van der Waals surface area contributed by atoms with Crippen LogP contribution in [0.25, 0.3) is 16.8 Å². The summed E-state index contributed by atoms with van der Waals surface area (Å²) in [7, 11) is 0. The van der Waals surface area contributed by atoms with Crippen molar-refractivity contribution in [2.75, 3.05) is 5.32 Å². The van der Waals surface area contributed by atoms with Crippen molar-refractivity contribution in [3.05, 3.63) is 75.7 Å². The van der Waals surface area contributed by atoms with E-state index in [1.54, 1.807) is 6.20 Å². The molecule has 3 nitrogen and oxygen atoms in total. The molecule has 1 N–H and O–H groups in total. The fraction of sp³-hybridized carbons (Fsp3) is 0.0526. The lowest BCUT2D eigenvalue weighted by molar-refractivity contribution is 1.36. The minimum Gasteiger partial charge on any atom is -0.360 e. The smallest absolute Gasteiger partial charge is 0.136 e. The van der Waals surface area contributed by atoms with Gasteiger partial charge in [-0.15, -0.1) is 11.3 Å². The van der Waals surface area contributed by atoms with E-state index in [-0.39, 0.29) is 0 Å². The summed E-state index contributed by atoms with van der Waals surface area (Å²) in [6.07, 6.45) is 1.70. The van der Waals surface area contributed by atoms with Gasteiger partial charge in [-0.2, -0.15) is 5.26 Å². The van der Waals surface area contributed by atoms with Crippen molar-refractivity contribution >= 4 is 34.2 Å². The number of anilines is 1. The second kappa shape index (κ2) is 7.31. The van der Waals surface area contributed by atoms with Crippen LogP contribution in [0.3, 0.4) is 0 Å². The molecule has 0 amide bonds. The van der Waals surface area contributed by atoms with E-state index in [2.05, 4.69) is 16.4 Å². The zero-order valence-electron chi connectivity index (χ0n) is 13.0. The van der Waals surface area contributed by atoms with E-state index in [0.717, 1.165) is 22.5 Å². The largest absolute Gasteiger partial charge is 0.360 e. The number of nitriles is 1. The fourth-order valence-corrected chi connectivity index (χ4v) is 3.10. The molecular weight excluding hydrogens is 338 g/mol. The number of benzene rings is 2. The highest BCUT2D eigenvalue weighted by atomic mass is 35.5. The molecule has 0 aliphatic heterocycles. The summed E-state index contributed by atoms with van der Waals surface area (Å²) in [5.74, 6) is 0. The van der Waals surface area contributed by atoms with Crippen LogP contribution in [0.2, 0.25) is 5.02 Å². The van der Waals surface area contributed by atoms with Crippen LogP contribution < -0.4 is 5.32 Å². The first-order chi connectivity index (χ1) is 11.7. The molecule has 0 aliphatic carbocycles. The SMILES string of the molecule is Cc1ccccc1N/C=C(\C#N)c1nc(-c2ccc(Cl)cc2)cs1. The van der Waals surface area contributed by atoms with Crippen molar-refractivity contribution in [2.45, 2.75) is 6.92 Å². The number of nitrogens with one attached hydrogen (secondary N) is 1. The Hall–Kier alpha value is -2.61. The van der Waals surface area contributed by atoms with Crippen molar-refractivity contribution in [1.82, 2.24) is 4.98 Å². The Morgan fingerprint density at radius 1 is 1.21 bits per heavy atom. The Morgan fingerprint density at radius 3 is 2.67 bits per heavy atom. The monoisotopic (exact) mass is 351 g/mol. The number of allylic oxidation sites excluding steroid dienone is 1. The van der Waals surface area contributed by atoms with Crippen molar-refractivity contribution in [3.8, 4) is 17.3 Å². The van der Waals surface area contributed by atoms with Gasteiger partial charge in [0.25, 0.3) is 0 Å². The average Bonchev–Trinajstić information content (AvgIpc) is 3.07. The fourth-order valence-electron chi connectivity index (χ4n) is 2.18. The molecule has 0 spiro atoms. The highest BCUT2D eigenvalue weighted by Crippen LogP contribution is 2.27. The first-order valence-electron chi connectivity index (χ1n) is 7.31. The molecule has 1 heterocycles. The molecule has 24 heavy (non-hydrogen) atoms. The van der Waals surface area contributed by atoms with Gasteiger partial charge in [0.05, 0.1) is 5.69 Å². The summed E-state index contributed by atoms with van der Waals surface area (Å²) >= 11 is 7.36. The molecule has 0 aliphatic rings. The summed E-state index contributed by atoms with van der Waals surface area (Å²) in [6.45, 7) is 2.02. The van der Waals surface area contributed by atoms with Crippen LogP contribution in [0, 0.1) is 18.3 Å². The molecule has 0 unspecified atom stereocenters. The summed E-state index contributed by atoms with van der Waals surface area (Å²) in [5.41, 5.74) is 4.41. The zero-order chi connectivity index (χ0) is 16.9. The van der Waals surface area contributed by atoms with Crippen molar-refractivity contribution in [2.24, 2.45) is 0 Å². The van der Waals surface area contributed by atoms with E-state index < -0.39 is 0 Å². The minimum absolute atomic E-state index is 0.503. The van der Waals surface area contributed by atoms with Crippen LogP contribution in [0.15, 0.2) is 60.1 Å². The molecule has 0 saturated heterocycles. The maximum atomic E-state index is 9.43. The Morgan fingerprint density at radius 2 is 1.96 bits per heavy atom. The van der Waals surface area contributed by atoms with E-state index in [4.69, 9.17) is 11.6 Å². The number of nitrogens with zero attached hydrogens (tertiary/aromatic N) is 2. The third-order valence-electron chi connectivity index (χ3n) is 3.51. The van der Waals surface area contributed by atoms with Gasteiger partial charge in [0.1, 0.15) is 16.6 Å². The average molecular weight is 352 g/mol.